The minimum Gasteiger partial charge on any atom is -0.355 e. The average Bonchev–Trinajstić information content (AvgIpc) is 3.10. The molecule has 5 rings (SSSR count). The highest BCUT2D eigenvalue weighted by atomic mass is 32.2. The zero-order chi connectivity index (χ0) is 26.5. The Kier molecular flexibility index (Phi) is 7.85. The molecule has 8 nitrogen and oxygen atoms in total. The Morgan fingerprint density at radius 1 is 0.921 bits per heavy atom. The van der Waals surface area contributed by atoms with Crippen molar-refractivity contribution in [3.05, 3.63) is 83.2 Å². The third-order valence-electron chi connectivity index (χ3n) is 6.83. The highest BCUT2D eigenvalue weighted by Gasteiger charge is 2.27. The van der Waals surface area contributed by atoms with Gasteiger partial charge in [-0.25, -0.2) is 23.1 Å². The number of sulfonamides is 1. The molecule has 9 heteroatoms. The molecular weight excluding hydrogens is 496 g/mol. The molecule has 1 aliphatic rings. The molecule has 1 aliphatic heterocycles. The fourth-order valence-corrected chi connectivity index (χ4v) is 6.03. The summed E-state index contributed by atoms with van der Waals surface area (Å²) in [7, 11) is -3.54. The number of aryl methyl sites for hydroxylation is 2. The van der Waals surface area contributed by atoms with Gasteiger partial charge in [-0.3, -0.25) is 0 Å². The molecule has 0 spiro atoms. The zero-order valence-corrected chi connectivity index (χ0v) is 22.8. The molecule has 4 aromatic rings. The van der Waals surface area contributed by atoms with Crippen LogP contribution < -0.4 is 4.90 Å². The van der Waals surface area contributed by atoms with Gasteiger partial charge in [0.05, 0.1) is 16.8 Å². The first kappa shape index (κ1) is 26.1. The summed E-state index contributed by atoms with van der Waals surface area (Å²) in [5.41, 5.74) is 3.47. The van der Waals surface area contributed by atoms with E-state index in [9.17, 15) is 8.42 Å². The van der Waals surface area contributed by atoms with Gasteiger partial charge in [0.1, 0.15) is 11.6 Å². The molecule has 0 radical (unpaired) electrons. The van der Waals surface area contributed by atoms with Crippen LogP contribution in [-0.2, 0) is 16.4 Å². The predicted molar refractivity (Wildman–Crippen MR) is 153 cm³/mol. The lowest BCUT2D eigenvalue weighted by molar-refractivity contribution is 0.440. The van der Waals surface area contributed by atoms with Crippen molar-refractivity contribution in [3.8, 4) is 5.69 Å². The number of anilines is 1. The molecule has 3 heterocycles. The quantitative estimate of drug-likeness (QED) is 0.320. The number of benzene rings is 2. The summed E-state index contributed by atoms with van der Waals surface area (Å²) in [4.78, 5) is 12.2. The van der Waals surface area contributed by atoms with E-state index >= 15 is 0 Å². The maximum Gasteiger partial charge on any atom is 0.236 e. The van der Waals surface area contributed by atoms with Gasteiger partial charge in [-0.2, -0.15) is 9.40 Å². The number of hydrogen-bond acceptors (Lipinski definition) is 6. The van der Waals surface area contributed by atoms with Crippen LogP contribution in [0.5, 0.6) is 0 Å². The van der Waals surface area contributed by atoms with Gasteiger partial charge in [0.2, 0.25) is 10.0 Å². The van der Waals surface area contributed by atoms with Gasteiger partial charge in [0.25, 0.3) is 0 Å². The second kappa shape index (κ2) is 11.4. The number of hydrogen-bond donors (Lipinski definition) is 0. The van der Waals surface area contributed by atoms with Crippen molar-refractivity contribution < 1.29 is 8.42 Å². The van der Waals surface area contributed by atoms with Gasteiger partial charge in [-0.15, -0.1) is 0 Å². The molecule has 2 aromatic heterocycles. The van der Waals surface area contributed by atoms with Gasteiger partial charge in [0.15, 0.2) is 5.65 Å². The van der Waals surface area contributed by atoms with Crippen molar-refractivity contribution >= 4 is 33.0 Å². The molecule has 1 saturated heterocycles. The maximum absolute atomic E-state index is 13.1. The van der Waals surface area contributed by atoms with Crippen LogP contribution in [-0.4, -0.2) is 58.7 Å². The molecule has 2 aromatic carbocycles. The van der Waals surface area contributed by atoms with E-state index in [4.69, 9.17) is 15.1 Å². The molecule has 0 bridgehead atoms. The number of nitrogens with zero attached hydrogens (tertiary/aromatic N) is 6. The van der Waals surface area contributed by atoms with Crippen LogP contribution >= 0.6 is 0 Å². The molecule has 0 amide bonds. The van der Waals surface area contributed by atoms with Crippen molar-refractivity contribution in [2.75, 3.05) is 31.1 Å². The second-order valence-corrected chi connectivity index (χ2v) is 11.4. The predicted octanol–water partition coefficient (Wildman–Crippen LogP) is 4.98. The number of unbranched alkanes of at least 4 members (excludes halogenated alkanes) is 1. The number of aromatic nitrogens is 4. The monoisotopic (exact) mass is 530 g/mol. The molecule has 0 N–H and O–H groups in total. The molecule has 0 saturated carbocycles. The first-order valence-corrected chi connectivity index (χ1v) is 14.8. The van der Waals surface area contributed by atoms with Crippen LogP contribution in [0.25, 0.3) is 22.8 Å². The highest BCUT2D eigenvalue weighted by Crippen LogP contribution is 2.30. The normalized spacial score (nSPS) is 15.4. The van der Waals surface area contributed by atoms with E-state index in [0.717, 1.165) is 58.9 Å². The second-order valence-electron chi connectivity index (χ2n) is 9.60. The van der Waals surface area contributed by atoms with Crippen LogP contribution in [0.1, 0.15) is 43.3 Å². The Morgan fingerprint density at radius 3 is 2.39 bits per heavy atom. The number of rotatable bonds is 8. The summed E-state index contributed by atoms with van der Waals surface area (Å²) < 4.78 is 29.7. The molecular formula is C29H34N6O2S. The Hall–Kier alpha value is -3.56. The summed E-state index contributed by atoms with van der Waals surface area (Å²) in [6, 6.07) is 19.5. The van der Waals surface area contributed by atoms with Crippen molar-refractivity contribution in [2.45, 2.75) is 39.5 Å². The van der Waals surface area contributed by atoms with Gasteiger partial charge in [0, 0.05) is 38.0 Å². The van der Waals surface area contributed by atoms with E-state index in [1.165, 1.54) is 5.41 Å². The smallest absolute Gasteiger partial charge is 0.236 e. The number of fused-ring (bicyclic) bond motifs is 1. The molecule has 38 heavy (non-hydrogen) atoms. The summed E-state index contributed by atoms with van der Waals surface area (Å²) >= 11 is 0. The van der Waals surface area contributed by atoms with E-state index in [0.29, 0.717) is 32.6 Å². The van der Waals surface area contributed by atoms with Crippen molar-refractivity contribution in [1.29, 1.82) is 0 Å². The third-order valence-corrected chi connectivity index (χ3v) is 8.40. The first-order chi connectivity index (χ1) is 18.5. The standard InChI is InChI=1S/C29H34N6O2S/c1-3-4-16-26-30-28(27-23(2)32-35(29(27)31-26)25-14-9-6-10-15-25)33-18-11-19-34(21-20-33)38(36,37)22-17-24-12-7-5-8-13-24/h5-10,12-15,17,22H,3-4,11,16,18-21H2,1-2H3. The van der Waals surface area contributed by atoms with Crippen LogP contribution in [0.2, 0.25) is 0 Å². The maximum atomic E-state index is 13.1. The van der Waals surface area contributed by atoms with E-state index in [1.54, 1.807) is 10.4 Å². The zero-order valence-electron chi connectivity index (χ0n) is 22.0. The summed E-state index contributed by atoms with van der Waals surface area (Å²) in [6.45, 7) is 6.27. The Labute approximate surface area is 224 Å². The van der Waals surface area contributed by atoms with Gasteiger partial charge >= 0.3 is 0 Å². The number of para-hydroxylation sites is 1. The lowest BCUT2D eigenvalue weighted by atomic mass is 10.2. The highest BCUT2D eigenvalue weighted by molar-refractivity contribution is 7.92. The molecule has 198 valence electrons. The van der Waals surface area contributed by atoms with Gasteiger partial charge in [-0.1, -0.05) is 61.9 Å². The fraction of sp³-hybridized carbons (Fsp3) is 0.345. The summed E-state index contributed by atoms with van der Waals surface area (Å²) in [6.07, 6.45) is 5.22. The SMILES string of the molecule is CCCCc1nc(N2CCCN(S(=O)(=O)C=Cc3ccccc3)CC2)c2c(C)nn(-c3ccccc3)c2n1. The Balaban J connectivity index is 1.46. The largest absolute Gasteiger partial charge is 0.355 e. The van der Waals surface area contributed by atoms with Crippen molar-refractivity contribution in [1.82, 2.24) is 24.1 Å². The van der Waals surface area contributed by atoms with Crippen molar-refractivity contribution in [3.63, 3.8) is 0 Å². The molecule has 1 fully saturated rings. The van der Waals surface area contributed by atoms with E-state index < -0.39 is 10.0 Å². The van der Waals surface area contributed by atoms with E-state index in [-0.39, 0.29) is 0 Å². The Bertz CT molecular complexity index is 1520. The van der Waals surface area contributed by atoms with Crippen LogP contribution in [0.4, 0.5) is 5.82 Å². The fourth-order valence-electron chi connectivity index (χ4n) is 4.81. The molecule has 0 aliphatic carbocycles. The van der Waals surface area contributed by atoms with Gasteiger partial charge < -0.3 is 4.90 Å². The first-order valence-electron chi connectivity index (χ1n) is 13.3. The van der Waals surface area contributed by atoms with Crippen LogP contribution in [0.3, 0.4) is 0 Å². The molecule has 0 unspecified atom stereocenters. The minimum absolute atomic E-state index is 0.392. The van der Waals surface area contributed by atoms with E-state index in [2.05, 4.69) is 11.8 Å². The minimum atomic E-state index is -3.54. The topological polar surface area (TPSA) is 84.2 Å². The van der Waals surface area contributed by atoms with Gasteiger partial charge in [-0.05, 0) is 43.5 Å². The molecule has 0 atom stereocenters. The summed E-state index contributed by atoms with van der Waals surface area (Å²) in [5, 5.41) is 7.08. The average molecular weight is 531 g/mol. The lowest BCUT2D eigenvalue weighted by Crippen LogP contribution is -2.34. The Morgan fingerprint density at radius 2 is 1.66 bits per heavy atom. The van der Waals surface area contributed by atoms with Crippen LogP contribution in [0.15, 0.2) is 66.1 Å². The summed E-state index contributed by atoms with van der Waals surface area (Å²) in [5.74, 6) is 1.64. The van der Waals surface area contributed by atoms with Crippen LogP contribution in [0, 0.1) is 6.92 Å². The van der Waals surface area contributed by atoms with E-state index in [1.807, 2.05) is 72.3 Å². The lowest BCUT2D eigenvalue weighted by Gasteiger charge is -2.23. The van der Waals surface area contributed by atoms with Crippen molar-refractivity contribution in [2.24, 2.45) is 0 Å². The third kappa shape index (κ3) is 5.63.